The van der Waals surface area contributed by atoms with Crippen LogP contribution in [0.3, 0.4) is 0 Å². The highest BCUT2D eigenvalue weighted by Gasteiger charge is 2.15. The van der Waals surface area contributed by atoms with Crippen LogP contribution >= 0.6 is 0 Å². The molecule has 5 heteroatoms. The number of carbonyl (C=O) groups excluding carboxylic acids is 1. The number of anilines is 2. The molecule has 0 saturated heterocycles. The molecular formula is C14H21N3O2. The van der Waals surface area contributed by atoms with E-state index in [9.17, 15) is 4.79 Å². The Hall–Kier alpha value is -1.91. The average Bonchev–Trinajstić information content (AvgIpc) is 2.42. The maximum absolute atomic E-state index is 11.9. The van der Waals surface area contributed by atoms with Gasteiger partial charge in [0.2, 0.25) is 0 Å². The Labute approximate surface area is 113 Å². The van der Waals surface area contributed by atoms with Crippen LogP contribution in [0.1, 0.15) is 32.1 Å². The summed E-state index contributed by atoms with van der Waals surface area (Å²) in [4.78, 5) is 11.9. The lowest BCUT2D eigenvalue weighted by atomic mass is 9.96. The molecule has 104 valence electrons. The zero-order valence-electron chi connectivity index (χ0n) is 11.2. The summed E-state index contributed by atoms with van der Waals surface area (Å²) in [7, 11) is 1.55. The van der Waals surface area contributed by atoms with Crippen LogP contribution in [0.5, 0.6) is 5.75 Å². The van der Waals surface area contributed by atoms with Crippen LogP contribution in [0.25, 0.3) is 0 Å². The summed E-state index contributed by atoms with van der Waals surface area (Å²) < 4.78 is 5.12. The molecule has 0 radical (unpaired) electrons. The third-order valence-corrected chi connectivity index (χ3v) is 3.43. The molecule has 5 nitrogen and oxygen atoms in total. The van der Waals surface area contributed by atoms with Gasteiger partial charge in [-0.05, 0) is 25.0 Å². The van der Waals surface area contributed by atoms with E-state index >= 15 is 0 Å². The van der Waals surface area contributed by atoms with Crippen molar-refractivity contribution < 1.29 is 9.53 Å². The molecule has 0 atom stereocenters. The maximum atomic E-state index is 11.9. The SMILES string of the molecule is COc1cc(NC(=O)NC2CCCCC2)ccc1N. The fourth-order valence-electron chi connectivity index (χ4n) is 2.39. The van der Waals surface area contributed by atoms with Crippen molar-refractivity contribution in [1.82, 2.24) is 5.32 Å². The van der Waals surface area contributed by atoms with Crippen LogP contribution in [0.2, 0.25) is 0 Å². The Balaban J connectivity index is 1.90. The molecule has 1 aliphatic rings. The fraction of sp³-hybridized carbons (Fsp3) is 0.500. The van der Waals surface area contributed by atoms with E-state index in [0.717, 1.165) is 12.8 Å². The monoisotopic (exact) mass is 263 g/mol. The van der Waals surface area contributed by atoms with Crippen molar-refractivity contribution in [3.63, 3.8) is 0 Å². The van der Waals surface area contributed by atoms with E-state index in [0.29, 0.717) is 23.2 Å². The van der Waals surface area contributed by atoms with Gasteiger partial charge in [-0.1, -0.05) is 19.3 Å². The van der Waals surface area contributed by atoms with Crippen LogP contribution in [0.4, 0.5) is 16.2 Å². The number of hydrogen-bond acceptors (Lipinski definition) is 3. The van der Waals surface area contributed by atoms with Gasteiger partial charge in [0, 0.05) is 17.8 Å². The number of carbonyl (C=O) groups is 1. The Bertz CT molecular complexity index is 442. The van der Waals surface area contributed by atoms with Gasteiger partial charge in [-0.3, -0.25) is 0 Å². The summed E-state index contributed by atoms with van der Waals surface area (Å²) in [5.41, 5.74) is 6.96. The van der Waals surface area contributed by atoms with Gasteiger partial charge < -0.3 is 21.1 Å². The number of nitrogens with one attached hydrogen (secondary N) is 2. The standard InChI is InChI=1S/C14H21N3O2/c1-19-13-9-11(7-8-12(13)15)17-14(18)16-10-5-3-2-4-6-10/h7-10H,2-6,15H2,1H3,(H2,16,17,18). The van der Waals surface area contributed by atoms with Gasteiger partial charge in [-0.25, -0.2) is 4.79 Å². The lowest BCUT2D eigenvalue weighted by Crippen LogP contribution is -2.39. The zero-order chi connectivity index (χ0) is 13.7. The average molecular weight is 263 g/mol. The van der Waals surface area contributed by atoms with Crippen molar-refractivity contribution in [3.05, 3.63) is 18.2 Å². The number of rotatable bonds is 3. The topological polar surface area (TPSA) is 76.4 Å². The molecule has 1 aliphatic carbocycles. The van der Waals surface area contributed by atoms with Crippen molar-refractivity contribution in [2.75, 3.05) is 18.2 Å². The Kier molecular flexibility index (Phi) is 4.49. The van der Waals surface area contributed by atoms with Crippen molar-refractivity contribution in [2.24, 2.45) is 0 Å². The number of urea groups is 1. The van der Waals surface area contributed by atoms with Gasteiger partial charge in [0.1, 0.15) is 5.75 Å². The molecule has 1 aromatic rings. The minimum absolute atomic E-state index is 0.168. The molecule has 1 aromatic carbocycles. The number of ether oxygens (including phenoxy) is 1. The second kappa shape index (κ2) is 6.31. The first-order chi connectivity index (χ1) is 9.19. The lowest BCUT2D eigenvalue weighted by molar-refractivity contribution is 0.244. The molecule has 1 fully saturated rings. The van der Waals surface area contributed by atoms with Crippen LogP contribution < -0.4 is 21.1 Å². The van der Waals surface area contributed by atoms with E-state index in [1.54, 1.807) is 25.3 Å². The Morgan fingerprint density at radius 2 is 2.05 bits per heavy atom. The van der Waals surface area contributed by atoms with Crippen molar-refractivity contribution >= 4 is 17.4 Å². The number of methoxy groups -OCH3 is 1. The molecule has 1 saturated carbocycles. The van der Waals surface area contributed by atoms with E-state index in [4.69, 9.17) is 10.5 Å². The number of nitrogens with two attached hydrogens (primary N) is 1. The van der Waals surface area contributed by atoms with Gasteiger partial charge in [-0.2, -0.15) is 0 Å². The number of benzene rings is 1. The second-order valence-corrected chi connectivity index (χ2v) is 4.89. The van der Waals surface area contributed by atoms with E-state index in [1.165, 1.54) is 19.3 Å². The highest BCUT2D eigenvalue weighted by atomic mass is 16.5. The first-order valence-corrected chi connectivity index (χ1v) is 6.70. The predicted octanol–water partition coefficient (Wildman–Crippen LogP) is 2.73. The minimum atomic E-state index is -0.168. The molecule has 0 aliphatic heterocycles. The van der Waals surface area contributed by atoms with E-state index in [-0.39, 0.29) is 6.03 Å². The molecule has 2 amide bonds. The van der Waals surface area contributed by atoms with Gasteiger partial charge in [-0.15, -0.1) is 0 Å². The highest BCUT2D eigenvalue weighted by molar-refractivity contribution is 5.90. The molecule has 19 heavy (non-hydrogen) atoms. The normalized spacial score (nSPS) is 15.8. The molecule has 0 unspecified atom stereocenters. The smallest absolute Gasteiger partial charge is 0.319 e. The van der Waals surface area contributed by atoms with Crippen LogP contribution in [-0.2, 0) is 0 Å². The van der Waals surface area contributed by atoms with Crippen molar-refractivity contribution in [1.29, 1.82) is 0 Å². The predicted molar refractivity (Wildman–Crippen MR) is 76.4 cm³/mol. The summed E-state index contributed by atoms with van der Waals surface area (Å²) >= 11 is 0. The number of hydrogen-bond donors (Lipinski definition) is 3. The largest absolute Gasteiger partial charge is 0.495 e. The van der Waals surface area contributed by atoms with Crippen LogP contribution in [0.15, 0.2) is 18.2 Å². The summed E-state index contributed by atoms with van der Waals surface area (Å²) in [5.74, 6) is 0.565. The molecule has 0 aromatic heterocycles. The first-order valence-electron chi connectivity index (χ1n) is 6.70. The zero-order valence-corrected chi connectivity index (χ0v) is 11.2. The molecule has 4 N–H and O–H groups in total. The number of amides is 2. The minimum Gasteiger partial charge on any atom is -0.495 e. The highest BCUT2D eigenvalue weighted by Crippen LogP contribution is 2.25. The second-order valence-electron chi connectivity index (χ2n) is 4.89. The van der Waals surface area contributed by atoms with Gasteiger partial charge in [0.15, 0.2) is 0 Å². The maximum Gasteiger partial charge on any atom is 0.319 e. The third-order valence-electron chi connectivity index (χ3n) is 3.43. The van der Waals surface area contributed by atoms with Crippen LogP contribution in [-0.4, -0.2) is 19.2 Å². The molecular weight excluding hydrogens is 242 g/mol. The molecule has 0 heterocycles. The molecule has 2 rings (SSSR count). The number of nitrogen functional groups attached to an aromatic ring is 1. The summed E-state index contributed by atoms with van der Waals surface area (Å²) in [6.07, 6.45) is 5.80. The molecule has 0 spiro atoms. The van der Waals surface area contributed by atoms with E-state index < -0.39 is 0 Å². The summed E-state index contributed by atoms with van der Waals surface area (Å²) in [5, 5.41) is 5.80. The van der Waals surface area contributed by atoms with Gasteiger partial charge in [0.05, 0.1) is 12.8 Å². The van der Waals surface area contributed by atoms with Gasteiger partial charge >= 0.3 is 6.03 Å². The third kappa shape index (κ3) is 3.77. The lowest BCUT2D eigenvalue weighted by Gasteiger charge is -2.22. The molecule has 0 bridgehead atoms. The first kappa shape index (κ1) is 13.5. The van der Waals surface area contributed by atoms with Gasteiger partial charge in [0.25, 0.3) is 0 Å². The van der Waals surface area contributed by atoms with Crippen molar-refractivity contribution in [3.8, 4) is 5.75 Å². The van der Waals surface area contributed by atoms with E-state index in [2.05, 4.69) is 10.6 Å². The summed E-state index contributed by atoms with van der Waals surface area (Å²) in [6, 6.07) is 5.33. The fourth-order valence-corrected chi connectivity index (χ4v) is 2.39. The van der Waals surface area contributed by atoms with Crippen LogP contribution in [0, 0.1) is 0 Å². The Morgan fingerprint density at radius 1 is 1.32 bits per heavy atom. The quantitative estimate of drug-likeness (QED) is 0.734. The van der Waals surface area contributed by atoms with E-state index in [1.807, 2.05) is 0 Å². The Morgan fingerprint density at radius 3 is 2.74 bits per heavy atom. The summed E-state index contributed by atoms with van der Waals surface area (Å²) in [6.45, 7) is 0. The van der Waals surface area contributed by atoms with Crippen molar-refractivity contribution in [2.45, 2.75) is 38.1 Å².